The molecule has 6 heteroatoms. The van der Waals surface area contributed by atoms with Crippen LogP contribution in [0.15, 0.2) is 0 Å². The molecule has 0 aromatic carbocycles. The van der Waals surface area contributed by atoms with Gasteiger partial charge in [-0.2, -0.15) is 4.67 Å². The van der Waals surface area contributed by atoms with E-state index in [1.807, 2.05) is 0 Å². The van der Waals surface area contributed by atoms with E-state index in [4.69, 9.17) is 4.89 Å². The van der Waals surface area contributed by atoms with E-state index >= 15 is 0 Å². The number of rotatable bonds is 3. The lowest BCUT2D eigenvalue weighted by molar-refractivity contribution is -0.410. The highest BCUT2D eigenvalue weighted by molar-refractivity contribution is 7.24. The highest BCUT2D eigenvalue weighted by Crippen LogP contribution is 2.01. The Balaban J connectivity index is 2.34. The van der Waals surface area contributed by atoms with Crippen molar-refractivity contribution in [1.29, 1.82) is 0 Å². The van der Waals surface area contributed by atoms with Gasteiger partial charge in [0.25, 0.3) is 0 Å². The molecular weight excluding hydrogens is 106 g/mol. The molecule has 1 atom stereocenters. The molecule has 1 N–H and O–H groups in total. The van der Waals surface area contributed by atoms with Gasteiger partial charge in [-0.1, -0.05) is 5.04 Å². The van der Waals surface area contributed by atoms with Gasteiger partial charge in [0, 0.05) is 0 Å². The maximum atomic E-state index is 7.74. The highest BCUT2D eigenvalue weighted by atomic mass is 31.1. The second-order valence-electron chi connectivity index (χ2n) is 0.339. The Hall–Kier alpha value is 0.335. The lowest BCUT2D eigenvalue weighted by Crippen LogP contribution is -1.82. The van der Waals surface area contributed by atoms with Crippen molar-refractivity contribution in [1.82, 2.24) is 0 Å². The topological polar surface area (TPSA) is 47.9 Å². The SMILES string of the molecule is [B]OOOPO. The molecule has 0 fully saturated rings. The van der Waals surface area contributed by atoms with Gasteiger partial charge in [0.05, 0.1) is 0 Å². The molecule has 0 aliphatic rings. The molecular formula is H2BO4P. The standard InChI is InChI=1S/BH2O4P/c1-3-4-5-6-2/h2,6H. The predicted molar refractivity (Wildman–Crippen MR) is 19.5 cm³/mol. The molecule has 0 bridgehead atoms. The second-order valence-corrected chi connectivity index (χ2v) is 0.688. The first-order chi connectivity index (χ1) is 2.91. The Labute approximate surface area is 37.6 Å². The molecule has 0 heterocycles. The van der Waals surface area contributed by atoms with Crippen LogP contribution in [0.25, 0.3) is 0 Å². The minimum Gasteiger partial charge on any atom is -0.350 e. The van der Waals surface area contributed by atoms with Crippen LogP contribution in [-0.4, -0.2) is 12.9 Å². The van der Waals surface area contributed by atoms with E-state index < -0.39 is 9.03 Å². The van der Waals surface area contributed by atoms with Crippen LogP contribution >= 0.6 is 9.03 Å². The van der Waals surface area contributed by atoms with Gasteiger partial charge in [0.15, 0.2) is 9.03 Å². The summed E-state index contributed by atoms with van der Waals surface area (Å²) in [5.41, 5.74) is 0. The summed E-state index contributed by atoms with van der Waals surface area (Å²) >= 11 is 0. The molecule has 0 rings (SSSR count). The number of hydrogen-bond donors (Lipinski definition) is 1. The zero-order chi connectivity index (χ0) is 4.83. The summed E-state index contributed by atoms with van der Waals surface area (Å²) in [7, 11) is 3.50. The van der Waals surface area contributed by atoms with Crippen molar-refractivity contribution in [2.45, 2.75) is 0 Å². The molecule has 0 amide bonds. The summed E-state index contributed by atoms with van der Waals surface area (Å²) in [4.78, 5) is 11.1. The van der Waals surface area contributed by atoms with Crippen LogP contribution in [0.2, 0.25) is 0 Å². The normalized spacial score (nSPS) is 10.8. The van der Waals surface area contributed by atoms with Crippen molar-refractivity contribution in [3.63, 3.8) is 0 Å². The Kier molecular flexibility index (Phi) is 5.63. The summed E-state index contributed by atoms with van der Waals surface area (Å²) in [6.07, 6.45) is 0. The second kappa shape index (κ2) is 5.33. The van der Waals surface area contributed by atoms with Crippen molar-refractivity contribution < 1.29 is 19.4 Å². The maximum Gasteiger partial charge on any atom is 0.342 e. The summed E-state index contributed by atoms with van der Waals surface area (Å²) in [6.45, 7) is 0. The van der Waals surface area contributed by atoms with Gasteiger partial charge in [-0.15, -0.1) is 0 Å². The van der Waals surface area contributed by atoms with E-state index in [-0.39, 0.29) is 0 Å². The third kappa shape index (κ3) is 4.33. The first-order valence-corrected chi connectivity index (χ1v) is 1.85. The van der Waals surface area contributed by atoms with E-state index in [1.54, 1.807) is 0 Å². The van der Waals surface area contributed by atoms with Crippen LogP contribution < -0.4 is 0 Å². The molecule has 0 saturated carbocycles. The third-order valence-electron chi connectivity index (χ3n) is 0.111. The van der Waals surface area contributed by atoms with Crippen LogP contribution in [0.1, 0.15) is 0 Å². The molecule has 34 valence electrons. The van der Waals surface area contributed by atoms with Gasteiger partial charge < -0.3 is 4.89 Å². The molecule has 4 nitrogen and oxygen atoms in total. The zero-order valence-electron chi connectivity index (χ0n) is 2.75. The Morgan fingerprint density at radius 3 is 2.50 bits per heavy atom. The predicted octanol–water partition coefficient (Wildman–Crippen LogP) is -0.550. The smallest absolute Gasteiger partial charge is 0.342 e. The van der Waals surface area contributed by atoms with Gasteiger partial charge >= 0.3 is 8.05 Å². The highest BCUT2D eigenvalue weighted by Gasteiger charge is 1.74. The summed E-state index contributed by atoms with van der Waals surface area (Å²) in [5.74, 6) is 0. The third-order valence-corrected chi connectivity index (χ3v) is 0.253. The van der Waals surface area contributed by atoms with Gasteiger partial charge in [-0.25, -0.2) is 0 Å². The summed E-state index contributed by atoms with van der Waals surface area (Å²) < 4.78 is 3.72. The quantitative estimate of drug-likeness (QED) is 0.173. The van der Waals surface area contributed by atoms with Crippen molar-refractivity contribution in [3.8, 4) is 0 Å². The van der Waals surface area contributed by atoms with Crippen LogP contribution in [0, 0.1) is 0 Å². The van der Waals surface area contributed by atoms with E-state index in [9.17, 15) is 0 Å². The van der Waals surface area contributed by atoms with Crippen LogP contribution in [0.4, 0.5) is 0 Å². The van der Waals surface area contributed by atoms with Crippen LogP contribution in [-0.2, 0) is 14.5 Å². The fourth-order valence-electron chi connectivity index (χ4n) is 0.0349. The van der Waals surface area contributed by atoms with E-state index in [0.29, 0.717) is 0 Å². The summed E-state index contributed by atoms with van der Waals surface area (Å²) in [6, 6.07) is 0. The largest absolute Gasteiger partial charge is 0.350 e. The first-order valence-electron chi connectivity index (χ1n) is 0.997. The van der Waals surface area contributed by atoms with Crippen LogP contribution in [0.5, 0.6) is 0 Å². The van der Waals surface area contributed by atoms with E-state index in [1.165, 1.54) is 0 Å². The monoisotopic (exact) mass is 108 g/mol. The molecule has 0 aliphatic heterocycles. The van der Waals surface area contributed by atoms with E-state index in [2.05, 4.69) is 22.6 Å². The van der Waals surface area contributed by atoms with Crippen molar-refractivity contribution in [2.75, 3.05) is 0 Å². The number of hydrogen-bond acceptors (Lipinski definition) is 4. The van der Waals surface area contributed by atoms with Gasteiger partial charge in [0.1, 0.15) is 0 Å². The fourth-order valence-corrected chi connectivity index (χ4v) is 0.105. The van der Waals surface area contributed by atoms with Gasteiger partial charge in [-0.05, 0) is 0 Å². The van der Waals surface area contributed by atoms with E-state index in [0.717, 1.165) is 0 Å². The Bertz CT molecular complexity index is 19.5. The average molecular weight is 108 g/mol. The minimum absolute atomic E-state index is 0.763. The molecule has 0 aromatic heterocycles. The maximum absolute atomic E-state index is 7.74. The molecule has 1 unspecified atom stereocenters. The summed E-state index contributed by atoms with van der Waals surface area (Å²) in [5, 5.41) is 3.52. The Morgan fingerprint density at radius 1 is 1.67 bits per heavy atom. The molecule has 0 spiro atoms. The van der Waals surface area contributed by atoms with Crippen molar-refractivity contribution in [2.24, 2.45) is 0 Å². The molecule has 6 heavy (non-hydrogen) atoms. The lowest BCUT2D eigenvalue weighted by atomic mass is 10.6. The van der Waals surface area contributed by atoms with Crippen LogP contribution in [0.3, 0.4) is 0 Å². The molecule has 0 saturated heterocycles. The molecule has 2 radical (unpaired) electrons. The fraction of sp³-hybridized carbons (Fsp3) is 0. The van der Waals surface area contributed by atoms with Gasteiger partial charge in [-0.3, -0.25) is 4.81 Å². The average Bonchev–Trinajstić information content (AvgIpc) is 1.61. The zero-order valence-corrected chi connectivity index (χ0v) is 3.75. The first kappa shape index (κ1) is 6.33. The lowest BCUT2D eigenvalue weighted by Gasteiger charge is -1.90. The van der Waals surface area contributed by atoms with Crippen molar-refractivity contribution in [3.05, 3.63) is 0 Å². The van der Waals surface area contributed by atoms with Crippen molar-refractivity contribution >= 4 is 17.1 Å². The molecule has 0 aromatic rings. The minimum atomic E-state index is -0.763. The van der Waals surface area contributed by atoms with Gasteiger partial charge in [0.2, 0.25) is 0 Å². The molecule has 0 aliphatic carbocycles. The Morgan fingerprint density at radius 2 is 2.33 bits per heavy atom.